The molecule has 1 unspecified atom stereocenters. The number of likely N-dealkylation sites (N-methyl/N-ethyl adjacent to an activating group) is 1. The molecule has 0 saturated heterocycles. The molecule has 0 aromatic rings. The molecule has 1 saturated carbocycles. The summed E-state index contributed by atoms with van der Waals surface area (Å²) in [6.07, 6.45) is 2.27. The zero-order valence-corrected chi connectivity index (χ0v) is 11.5. The van der Waals surface area contributed by atoms with Gasteiger partial charge >= 0.3 is 5.97 Å². The van der Waals surface area contributed by atoms with E-state index in [0.717, 1.165) is 24.3 Å². The lowest BCUT2D eigenvalue weighted by molar-refractivity contribution is -0.148. The summed E-state index contributed by atoms with van der Waals surface area (Å²) >= 11 is 1.84. The first kappa shape index (κ1) is 13.8. The summed E-state index contributed by atoms with van der Waals surface area (Å²) in [7, 11) is 3.34. The Bertz CT molecular complexity index is 241. The average molecular weight is 245 g/mol. The second-order valence-corrected chi connectivity index (χ2v) is 5.93. The van der Waals surface area contributed by atoms with Crippen molar-refractivity contribution in [2.45, 2.75) is 32.2 Å². The van der Waals surface area contributed by atoms with Gasteiger partial charge in [0.15, 0.2) is 0 Å². The van der Waals surface area contributed by atoms with Crippen LogP contribution in [0.1, 0.15) is 26.7 Å². The van der Waals surface area contributed by atoms with E-state index in [1.54, 1.807) is 0 Å². The normalized spacial score (nSPS) is 19.6. The van der Waals surface area contributed by atoms with Gasteiger partial charge in [0, 0.05) is 5.75 Å². The van der Waals surface area contributed by atoms with Crippen LogP contribution in [-0.2, 0) is 9.53 Å². The zero-order chi connectivity index (χ0) is 12.2. The van der Waals surface area contributed by atoms with Crippen molar-refractivity contribution in [3.8, 4) is 0 Å². The molecule has 0 aliphatic heterocycles. The molecule has 1 N–H and O–H groups in total. The molecule has 0 aromatic carbocycles. The van der Waals surface area contributed by atoms with Crippen molar-refractivity contribution in [2.24, 2.45) is 11.8 Å². The number of hydrogen-bond acceptors (Lipinski definition) is 4. The molecule has 0 spiro atoms. The molecule has 0 amide bonds. The van der Waals surface area contributed by atoms with E-state index in [0.29, 0.717) is 11.8 Å². The third-order valence-electron chi connectivity index (χ3n) is 3.05. The minimum absolute atomic E-state index is 0.103. The first-order valence-corrected chi connectivity index (χ1v) is 7.07. The number of thioether (sulfide) groups is 1. The van der Waals surface area contributed by atoms with Crippen molar-refractivity contribution < 1.29 is 9.53 Å². The van der Waals surface area contributed by atoms with E-state index in [9.17, 15) is 4.79 Å². The van der Waals surface area contributed by atoms with Gasteiger partial charge in [0.1, 0.15) is 5.54 Å². The maximum absolute atomic E-state index is 11.9. The van der Waals surface area contributed by atoms with Gasteiger partial charge < -0.3 is 10.1 Å². The topological polar surface area (TPSA) is 38.3 Å². The smallest absolute Gasteiger partial charge is 0.327 e. The van der Waals surface area contributed by atoms with Crippen molar-refractivity contribution in [1.82, 2.24) is 5.32 Å². The number of rotatable bonds is 7. The molecular weight excluding hydrogens is 222 g/mol. The summed E-state index contributed by atoms with van der Waals surface area (Å²) in [5, 5.41) is 3.21. The third-order valence-corrected chi connectivity index (χ3v) is 4.61. The average Bonchev–Trinajstić information content (AvgIpc) is 3.07. The number of esters is 1. The van der Waals surface area contributed by atoms with E-state index in [1.807, 2.05) is 18.8 Å². The summed E-state index contributed by atoms with van der Waals surface area (Å²) in [5.41, 5.74) is -0.450. The number of ether oxygens (including phenoxy) is 1. The number of nitrogens with one attached hydrogen (secondary N) is 1. The van der Waals surface area contributed by atoms with Gasteiger partial charge in [-0.1, -0.05) is 13.8 Å². The highest BCUT2D eigenvalue weighted by Crippen LogP contribution is 2.42. The fourth-order valence-electron chi connectivity index (χ4n) is 1.94. The molecule has 0 radical (unpaired) electrons. The highest BCUT2D eigenvalue weighted by molar-refractivity contribution is 7.99. The van der Waals surface area contributed by atoms with Gasteiger partial charge in [-0.25, -0.2) is 0 Å². The minimum Gasteiger partial charge on any atom is -0.468 e. The maximum atomic E-state index is 11.9. The van der Waals surface area contributed by atoms with Crippen LogP contribution < -0.4 is 5.32 Å². The molecule has 1 aliphatic carbocycles. The third kappa shape index (κ3) is 3.14. The first-order chi connectivity index (χ1) is 7.56. The van der Waals surface area contributed by atoms with Crippen LogP contribution in [0.5, 0.6) is 0 Å². The Hall–Kier alpha value is -0.220. The van der Waals surface area contributed by atoms with Crippen LogP contribution in [0.15, 0.2) is 0 Å². The summed E-state index contributed by atoms with van der Waals surface area (Å²) in [6.45, 7) is 4.40. The number of carbonyl (C=O) groups excluding carboxylic acids is 1. The summed E-state index contributed by atoms with van der Waals surface area (Å²) in [4.78, 5) is 11.9. The molecule has 1 aliphatic rings. The Labute approximate surface area is 103 Å². The quantitative estimate of drug-likeness (QED) is 0.695. The highest BCUT2D eigenvalue weighted by Gasteiger charge is 2.50. The van der Waals surface area contributed by atoms with E-state index >= 15 is 0 Å². The van der Waals surface area contributed by atoms with Gasteiger partial charge in [0.2, 0.25) is 0 Å². The van der Waals surface area contributed by atoms with Crippen LogP contribution >= 0.6 is 11.8 Å². The zero-order valence-electron chi connectivity index (χ0n) is 10.7. The van der Waals surface area contributed by atoms with Crippen LogP contribution in [-0.4, -0.2) is 37.2 Å². The van der Waals surface area contributed by atoms with Crippen LogP contribution in [0.2, 0.25) is 0 Å². The molecule has 1 rings (SSSR count). The maximum Gasteiger partial charge on any atom is 0.327 e. The molecule has 16 heavy (non-hydrogen) atoms. The summed E-state index contributed by atoms with van der Waals surface area (Å²) in [5.74, 6) is 2.93. The van der Waals surface area contributed by atoms with Gasteiger partial charge in [-0.05, 0) is 37.5 Å². The molecule has 4 heteroatoms. The minimum atomic E-state index is -0.450. The van der Waals surface area contributed by atoms with Crippen LogP contribution in [0.25, 0.3) is 0 Å². The van der Waals surface area contributed by atoms with E-state index in [1.165, 1.54) is 7.11 Å². The summed E-state index contributed by atoms with van der Waals surface area (Å²) in [6, 6.07) is 0. The molecule has 0 aromatic heterocycles. The van der Waals surface area contributed by atoms with Gasteiger partial charge in [0.05, 0.1) is 7.11 Å². The van der Waals surface area contributed by atoms with Crippen LogP contribution in [0, 0.1) is 11.8 Å². The van der Waals surface area contributed by atoms with Crippen molar-refractivity contribution in [2.75, 3.05) is 25.7 Å². The fourth-order valence-corrected chi connectivity index (χ4v) is 3.34. The molecule has 1 fully saturated rings. The Kier molecular flexibility index (Phi) is 5.12. The number of hydrogen-bond donors (Lipinski definition) is 1. The number of carbonyl (C=O) groups is 1. The Morgan fingerprint density at radius 1 is 1.56 bits per heavy atom. The lowest BCUT2D eigenvalue weighted by Gasteiger charge is -2.30. The van der Waals surface area contributed by atoms with E-state index in [4.69, 9.17) is 4.74 Å². The second-order valence-electron chi connectivity index (χ2n) is 4.90. The molecule has 3 nitrogen and oxygen atoms in total. The Balaban J connectivity index is 2.58. The SMILES string of the molecule is CNC(CSCC(C)C)(C(=O)OC)C1CC1. The standard InChI is InChI=1S/C12H23NO2S/c1-9(2)7-16-8-12(13-3,10-5-6-10)11(14)15-4/h9-10,13H,5-8H2,1-4H3. The molecule has 0 heterocycles. The lowest BCUT2D eigenvalue weighted by atomic mass is 9.96. The van der Waals surface area contributed by atoms with Crippen molar-refractivity contribution >= 4 is 17.7 Å². The molecule has 0 bridgehead atoms. The Morgan fingerprint density at radius 3 is 2.56 bits per heavy atom. The largest absolute Gasteiger partial charge is 0.468 e. The predicted molar refractivity (Wildman–Crippen MR) is 68.7 cm³/mol. The van der Waals surface area contributed by atoms with Gasteiger partial charge in [-0.2, -0.15) is 11.8 Å². The Morgan fingerprint density at radius 2 is 2.19 bits per heavy atom. The lowest BCUT2D eigenvalue weighted by Crippen LogP contribution is -2.55. The molecule has 94 valence electrons. The van der Waals surface area contributed by atoms with E-state index < -0.39 is 5.54 Å². The number of methoxy groups -OCH3 is 1. The van der Waals surface area contributed by atoms with Crippen molar-refractivity contribution in [3.05, 3.63) is 0 Å². The van der Waals surface area contributed by atoms with Crippen LogP contribution in [0.4, 0.5) is 0 Å². The van der Waals surface area contributed by atoms with Crippen LogP contribution in [0.3, 0.4) is 0 Å². The fraction of sp³-hybridized carbons (Fsp3) is 0.917. The predicted octanol–water partition coefficient (Wildman–Crippen LogP) is 1.92. The second kappa shape index (κ2) is 5.92. The van der Waals surface area contributed by atoms with Gasteiger partial charge in [-0.15, -0.1) is 0 Å². The van der Waals surface area contributed by atoms with Gasteiger partial charge in [-0.3, -0.25) is 4.79 Å². The highest BCUT2D eigenvalue weighted by atomic mass is 32.2. The monoisotopic (exact) mass is 245 g/mol. The van der Waals surface area contributed by atoms with E-state index in [-0.39, 0.29) is 5.97 Å². The van der Waals surface area contributed by atoms with Crippen molar-refractivity contribution in [3.63, 3.8) is 0 Å². The van der Waals surface area contributed by atoms with E-state index in [2.05, 4.69) is 19.2 Å². The van der Waals surface area contributed by atoms with Crippen molar-refractivity contribution in [1.29, 1.82) is 0 Å². The first-order valence-electron chi connectivity index (χ1n) is 5.92. The molecule has 1 atom stereocenters. The van der Waals surface area contributed by atoms with Gasteiger partial charge in [0.25, 0.3) is 0 Å². The summed E-state index contributed by atoms with van der Waals surface area (Å²) < 4.78 is 4.95. The molecular formula is C12H23NO2S.